The van der Waals surface area contributed by atoms with Gasteiger partial charge in [-0.15, -0.1) is 0 Å². The summed E-state index contributed by atoms with van der Waals surface area (Å²) >= 11 is 0. The van der Waals surface area contributed by atoms with Gasteiger partial charge in [-0.1, -0.05) is 19.8 Å². The zero-order valence-electron chi connectivity index (χ0n) is 14.1. The molecule has 0 atom stereocenters. The van der Waals surface area contributed by atoms with Gasteiger partial charge in [0.05, 0.1) is 0 Å². The molecule has 0 aliphatic rings. The number of alkyl halides is 12. The van der Waals surface area contributed by atoms with Crippen LogP contribution in [0.15, 0.2) is 0 Å². The molecule has 0 bridgehead atoms. The van der Waals surface area contributed by atoms with Crippen molar-refractivity contribution in [3.05, 3.63) is 0 Å². The number of rotatable bonds is 12. The Labute approximate surface area is 147 Å². The van der Waals surface area contributed by atoms with Gasteiger partial charge in [-0.3, -0.25) is 0 Å². The third-order valence-electron chi connectivity index (χ3n) is 3.89. The van der Waals surface area contributed by atoms with Crippen LogP contribution in [0.3, 0.4) is 0 Å². The van der Waals surface area contributed by atoms with Crippen molar-refractivity contribution in [2.45, 2.75) is 81.0 Å². The summed E-state index contributed by atoms with van der Waals surface area (Å²) in [5, 5.41) is 0. The van der Waals surface area contributed by atoms with E-state index in [0.717, 1.165) is 0 Å². The minimum absolute atomic E-state index is 0.166. The van der Waals surface area contributed by atoms with Gasteiger partial charge in [-0.05, 0) is 19.4 Å². The Morgan fingerprint density at radius 2 is 0.852 bits per heavy atom. The summed E-state index contributed by atoms with van der Waals surface area (Å²) < 4.78 is 161. The molecule has 0 saturated carbocycles. The van der Waals surface area contributed by atoms with E-state index in [1.807, 2.05) is 0 Å². The van der Waals surface area contributed by atoms with E-state index in [2.05, 4.69) is 0 Å². The molecule has 164 valence electrons. The molecule has 0 aliphatic heterocycles. The predicted molar refractivity (Wildman–Crippen MR) is 72.1 cm³/mol. The Bertz CT molecular complexity index is 475. The number of unbranched alkanes of at least 4 members (excludes halogenated alkanes) is 2. The molecule has 0 heterocycles. The van der Waals surface area contributed by atoms with E-state index >= 15 is 0 Å². The van der Waals surface area contributed by atoms with Crippen LogP contribution in [0.2, 0.25) is 0 Å². The maximum atomic E-state index is 13.5. The Hall–Kier alpha value is -0.880. The fourth-order valence-electron chi connectivity index (χ4n) is 2.09. The molecule has 0 radical (unpaired) electrons. The molecule has 0 aromatic rings. The second-order valence-corrected chi connectivity index (χ2v) is 6.06. The molecule has 0 aromatic carbocycles. The standard InChI is InChI=1S/C14H19F12N/c1-2-3-4-6-9(15,16)11(19,20)13(23,24)14(25,26)12(21,22)10(17,18)7-5-8-27/h2-8,27H2,1H3. The summed E-state index contributed by atoms with van der Waals surface area (Å²) in [4.78, 5) is 0. The van der Waals surface area contributed by atoms with Gasteiger partial charge in [-0.2, -0.15) is 52.7 Å². The van der Waals surface area contributed by atoms with E-state index in [4.69, 9.17) is 5.73 Å². The normalized spacial score (nSPS) is 15.3. The molecule has 0 saturated heterocycles. The van der Waals surface area contributed by atoms with Crippen LogP contribution in [0.5, 0.6) is 0 Å². The van der Waals surface area contributed by atoms with E-state index in [1.165, 1.54) is 6.92 Å². The Morgan fingerprint density at radius 1 is 0.519 bits per heavy atom. The molecular formula is C14H19F12N. The minimum Gasteiger partial charge on any atom is -0.330 e. The molecule has 0 aromatic heterocycles. The van der Waals surface area contributed by atoms with Crippen molar-refractivity contribution in [1.29, 1.82) is 0 Å². The van der Waals surface area contributed by atoms with Crippen molar-refractivity contribution in [3.8, 4) is 0 Å². The number of hydrogen-bond acceptors (Lipinski definition) is 1. The molecular weight excluding hydrogens is 410 g/mol. The molecule has 2 N–H and O–H groups in total. The third kappa shape index (κ3) is 4.42. The van der Waals surface area contributed by atoms with Crippen LogP contribution in [-0.2, 0) is 0 Å². The average Bonchev–Trinajstić information content (AvgIpc) is 2.52. The number of nitrogens with two attached hydrogens (primary N) is 1. The molecule has 13 heteroatoms. The summed E-state index contributed by atoms with van der Waals surface area (Å²) in [5.41, 5.74) is 4.73. The molecule has 0 rings (SSSR count). The van der Waals surface area contributed by atoms with Crippen molar-refractivity contribution in [3.63, 3.8) is 0 Å². The highest BCUT2D eigenvalue weighted by atomic mass is 19.4. The second-order valence-electron chi connectivity index (χ2n) is 6.06. The number of hydrogen-bond donors (Lipinski definition) is 1. The molecule has 0 unspecified atom stereocenters. The Kier molecular flexibility index (Phi) is 7.97. The van der Waals surface area contributed by atoms with E-state index in [0.29, 0.717) is 0 Å². The Balaban J connectivity index is 5.99. The summed E-state index contributed by atoms with van der Waals surface area (Å²) in [7, 11) is 0. The first-order chi connectivity index (χ1) is 11.9. The van der Waals surface area contributed by atoms with Gasteiger partial charge in [0.25, 0.3) is 0 Å². The Morgan fingerprint density at radius 3 is 1.15 bits per heavy atom. The molecule has 0 amide bonds. The topological polar surface area (TPSA) is 26.0 Å². The van der Waals surface area contributed by atoms with Crippen molar-refractivity contribution < 1.29 is 52.7 Å². The van der Waals surface area contributed by atoms with Gasteiger partial charge in [0.1, 0.15) is 0 Å². The van der Waals surface area contributed by atoms with E-state index in [1.54, 1.807) is 0 Å². The van der Waals surface area contributed by atoms with E-state index in [9.17, 15) is 52.7 Å². The smallest absolute Gasteiger partial charge is 0.330 e. The van der Waals surface area contributed by atoms with Gasteiger partial charge in [0, 0.05) is 12.8 Å². The largest absolute Gasteiger partial charge is 0.384 e. The van der Waals surface area contributed by atoms with Crippen LogP contribution in [0, 0.1) is 0 Å². The SMILES string of the molecule is CCCCCC(F)(F)C(F)(F)C(F)(F)C(F)(F)C(F)(F)C(F)(F)CCCN. The van der Waals surface area contributed by atoms with E-state index < -0.39 is 67.8 Å². The van der Waals surface area contributed by atoms with Gasteiger partial charge < -0.3 is 5.73 Å². The van der Waals surface area contributed by atoms with Gasteiger partial charge in [-0.25, -0.2) is 0 Å². The zero-order valence-corrected chi connectivity index (χ0v) is 14.1. The minimum atomic E-state index is -7.48. The van der Waals surface area contributed by atoms with Crippen LogP contribution in [-0.4, -0.2) is 42.1 Å². The molecule has 0 aliphatic carbocycles. The first-order valence-electron chi connectivity index (χ1n) is 7.84. The van der Waals surface area contributed by atoms with E-state index in [-0.39, 0.29) is 12.8 Å². The van der Waals surface area contributed by atoms with Crippen molar-refractivity contribution >= 4 is 0 Å². The summed E-state index contributed by atoms with van der Waals surface area (Å²) in [6, 6.07) is 0. The summed E-state index contributed by atoms with van der Waals surface area (Å²) in [6.07, 6.45) is -5.99. The summed E-state index contributed by atoms with van der Waals surface area (Å²) in [6.45, 7) is 0.697. The first-order valence-corrected chi connectivity index (χ1v) is 7.84. The van der Waals surface area contributed by atoms with Crippen LogP contribution < -0.4 is 5.73 Å². The maximum Gasteiger partial charge on any atom is 0.384 e. The predicted octanol–water partition coefficient (Wildman–Crippen LogP) is 6.12. The third-order valence-corrected chi connectivity index (χ3v) is 3.89. The molecule has 0 fully saturated rings. The first kappa shape index (κ1) is 26.1. The lowest BCUT2D eigenvalue weighted by Crippen LogP contribution is -2.70. The van der Waals surface area contributed by atoms with Gasteiger partial charge in [0.2, 0.25) is 0 Å². The highest BCUT2D eigenvalue weighted by Crippen LogP contribution is 2.61. The fourth-order valence-corrected chi connectivity index (χ4v) is 2.09. The molecule has 1 nitrogen and oxygen atoms in total. The quantitative estimate of drug-likeness (QED) is 0.294. The lowest BCUT2D eigenvalue weighted by atomic mass is 9.88. The van der Waals surface area contributed by atoms with Crippen LogP contribution >= 0.6 is 0 Å². The van der Waals surface area contributed by atoms with Crippen LogP contribution in [0.4, 0.5) is 52.7 Å². The second kappa shape index (κ2) is 8.24. The van der Waals surface area contributed by atoms with Gasteiger partial charge in [0.15, 0.2) is 0 Å². The fraction of sp³-hybridized carbons (Fsp3) is 1.00. The number of halogens is 12. The van der Waals surface area contributed by atoms with Gasteiger partial charge >= 0.3 is 35.5 Å². The van der Waals surface area contributed by atoms with Crippen LogP contribution in [0.1, 0.15) is 45.4 Å². The molecule has 27 heavy (non-hydrogen) atoms. The van der Waals surface area contributed by atoms with Crippen LogP contribution in [0.25, 0.3) is 0 Å². The highest BCUT2D eigenvalue weighted by Gasteiger charge is 2.89. The van der Waals surface area contributed by atoms with Crippen molar-refractivity contribution in [2.24, 2.45) is 5.73 Å². The monoisotopic (exact) mass is 429 g/mol. The van der Waals surface area contributed by atoms with Crippen molar-refractivity contribution in [1.82, 2.24) is 0 Å². The molecule has 0 spiro atoms. The summed E-state index contributed by atoms with van der Waals surface area (Å²) in [5.74, 6) is -40.7. The average molecular weight is 429 g/mol. The zero-order chi connectivity index (χ0) is 21.9. The maximum absolute atomic E-state index is 13.5. The lowest BCUT2D eigenvalue weighted by molar-refractivity contribution is -0.425. The lowest BCUT2D eigenvalue weighted by Gasteiger charge is -2.41. The van der Waals surface area contributed by atoms with Crippen molar-refractivity contribution in [2.75, 3.05) is 6.54 Å². The highest BCUT2D eigenvalue weighted by molar-refractivity contribution is 5.11.